The van der Waals surface area contributed by atoms with Gasteiger partial charge in [-0.05, 0) is 36.8 Å². The van der Waals surface area contributed by atoms with Gasteiger partial charge < -0.3 is 10.6 Å². The summed E-state index contributed by atoms with van der Waals surface area (Å²) in [7, 11) is 2.00. The minimum absolute atomic E-state index is 0.129. The predicted octanol–water partition coefficient (Wildman–Crippen LogP) is 2.27. The molecule has 0 saturated carbocycles. The van der Waals surface area contributed by atoms with E-state index in [0.717, 1.165) is 29.8 Å². The van der Waals surface area contributed by atoms with E-state index in [2.05, 4.69) is 4.90 Å². The van der Waals surface area contributed by atoms with Crippen LogP contribution in [0.2, 0.25) is 0 Å². The van der Waals surface area contributed by atoms with E-state index in [1.54, 1.807) is 6.07 Å². The van der Waals surface area contributed by atoms with Crippen LogP contribution in [0.1, 0.15) is 12.0 Å². The number of nitrogens with two attached hydrogens (primary N) is 1. The van der Waals surface area contributed by atoms with E-state index in [1.165, 1.54) is 11.8 Å². The van der Waals surface area contributed by atoms with Crippen molar-refractivity contribution in [2.45, 2.75) is 18.9 Å². The molecular formula is C13H19FN2S. The monoisotopic (exact) mass is 254 g/mol. The Hall–Kier alpha value is -0.740. The Morgan fingerprint density at radius 3 is 3.00 bits per heavy atom. The molecule has 4 heteroatoms. The first-order valence-electron chi connectivity index (χ1n) is 6.02. The summed E-state index contributed by atoms with van der Waals surface area (Å²) < 4.78 is 14.0. The van der Waals surface area contributed by atoms with Gasteiger partial charge in [-0.15, -0.1) is 0 Å². The van der Waals surface area contributed by atoms with Crippen LogP contribution in [0.25, 0.3) is 0 Å². The number of anilines is 1. The third-order valence-corrected chi connectivity index (χ3v) is 4.43. The molecule has 0 amide bonds. The number of para-hydroxylation sites is 1. The molecule has 0 aromatic heterocycles. The highest BCUT2D eigenvalue weighted by atomic mass is 32.2. The number of benzene rings is 1. The minimum Gasteiger partial charge on any atom is -0.368 e. The molecule has 1 aromatic rings. The van der Waals surface area contributed by atoms with Gasteiger partial charge in [0.05, 0.1) is 5.69 Å². The topological polar surface area (TPSA) is 29.3 Å². The van der Waals surface area contributed by atoms with Crippen LogP contribution < -0.4 is 10.6 Å². The molecule has 1 saturated heterocycles. The van der Waals surface area contributed by atoms with Gasteiger partial charge in [-0.25, -0.2) is 4.39 Å². The first kappa shape index (κ1) is 12.7. The highest BCUT2D eigenvalue weighted by molar-refractivity contribution is 7.99. The average molecular weight is 254 g/mol. The molecule has 2 N–H and O–H groups in total. The second-order valence-electron chi connectivity index (χ2n) is 4.41. The van der Waals surface area contributed by atoms with Crippen LogP contribution in [0.15, 0.2) is 18.2 Å². The fourth-order valence-corrected chi connectivity index (χ4v) is 3.59. The lowest BCUT2D eigenvalue weighted by Gasteiger charge is -2.28. The summed E-state index contributed by atoms with van der Waals surface area (Å²) in [6.07, 6.45) is 1.87. The molecule has 0 radical (unpaired) electrons. The van der Waals surface area contributed by atoms with E-state index in [0.29, 0.717) is 12.6 Å². The van der Waals surface area contributed by atoms with Crippen LogP contribution in [-0.2, 0) is 6.42 Å². The normalized spacial score (nSPS) is 19.6. The maximum absolute atomic E-state index is 14.0. The number of nitrogens with zero attached hydrogens (tertiary/aromatic N) is 1. The lowest BCUT2D eigenvalue weighted by atomic mass is 10.1. The van der Waals surface area contributed by atoms with Crippen molar-refractivity contribution in [3.8, 4) is 0 Å². The molecule has 0 aliphatic carbocycles. The zero-order valence-corrected chi connectivity index (χ0v) is 11.0. The summed E-state index contributed by atoms with van der Waals surface area (Å²) in [5, 5.41) is 0. The molecule has 1 aliphatic heterocycles. The largest absolute Gasteiger partial charge is 0.368 e. The number of hydrogen-bond donors (Lipinski definition) is 1. The predicted molar refractivity (Wildman–Crippen MR) is 73.3 cm³/mol. The summed E-state index contributed by atoms with van der Waals surface area (Å²) >= 11 is 1.94. The Labute approximate surface area is 106 Å². The maximum Gasteiger partial charge on any atom is 0.146 e. The highest BCUT2D eigenvalue weighted by Crippen LogP contribution is 2.30. The molecule has 1 unspecified atom stereocenters. The smallest absolute Gasteiger partial charge is 0.146 e. The standard InChI is InChI=1S/C13H19FN2S/c1-16(11-6-8-17-9-11)13-10(5-7-15)3-2-4-12(13)14/h2-4,11H,5-9,15H2,1H3. The van der Waals surface area contributed by atoms with E-state index >= 15 is 0 Å². The molecule has 0 bridgehead atoms. The molecule has 2 rings (SSSR count). The quantitative estimate of drug-likeness (QED) is 0.893. The van der Waals surface area contributed by atoms with Gasteiger partial charge >= 0.3 is 0 Å². The van der Waals surface area contributed by atoms with Crippen molar-refractivity contribution in [3.63, 3.8) is 0 Å². The molecule has 1 atom stereocenters. The first-order valence-corrected chi connectivity index (χ1v) is 7.17. The zero-order valence-electron chi connectivity index (χ0n) is 10.2. The molecule has 1 aliphatic rings. The van der Waals surface area contributed by atoms with Gasteiger partial charge in [0, 0.05) is 18.8 Å². The van der Waals surface area contributed by atoms with Crippen LogP contribution in [-0.4, -0.2) is 31.1 Å². The van der Waals surface area contributed by atoms with Crippen LogP contribution in [0, 0.1) is 5.82 Å². The van der Waals surface area contributed by atoms with E-state index in [-0.39, 0.29) is 5.82 Å². The molecule has 94 valence electrons. The van der Waals surface area contributed by atoms with Crippen molar-refractivity contribution in [2.24, 2.45) is 5.73 Å². The number of thioether (sulfide) groups is 1. The van der Waals surface area contributed by atoms with E-state index in [9.17, 15) is 4.39 Å². The van der Waals surface area contributed by atoms with Crippen molar-refractivity contribution in [1.82, 2.24) is 0 Å². The molecule has 1 fully saturated rings. The lowest BCUT2D eigenvalue weighted by Crippen LogP contribution is -2.33. The highest BCUT2D eigenvalue weighted by Gasteiger charge is 2.23. The van der Waals surface area contributed by atoms with Crippen molar-refractivity contribution >= 4 is 17.4 Å². The summed E-state index contributed by atoms with van der Waals surface area (Å²) in [4.78, 5) is 2.10. The molecule has 0 spiro atoms. The van der Waals surface area contributed by atoms with Gasteiger partial charge in [0.15, 0.2) is 0 Å². The van der Waals surface area contributed by atoms with Crippen LogP contribution in [0.3, 0.4) is 0 Å². The third-order valence-electron chi connectivity index (χ3n) is 3.29. The number of hydrogen-bond acceptors (Lipinski definition) is 3. The Morgan fingerprint density at radius 1 is 1.53 bits per heavy atom. The fourth-order valence-electron chi connectivity index (χ4n) is 2.32. The molecule has 2 nitrogen and oxygen atoms in total. The van der Waals surface area contributed by atoms with Gasteiger partial charge in [-0.1, -0.05) is 12.1 Å². The summed E-state index contributed by atoms with van der Waals surface area (Å²) in [6.45, 7) is 0.559. The molecule has 1 heterocycles. The van der Waals surface area contributed by atoms with Gasteiger partial charge in [-0.3, -0.25) is 0 Å². The summed E-state index contributed by atoms with van der Waals surface area (Å²) in [5.74, 6) is 2.14. The Kier molecular flexibility index (Phi) is 4.29. The fraction of sp³-hybridized carbons (Fsp3) is 0.538. The Morgan fingerprint density at radius 2 is 2.35 bits per heavy atom. The van der Waals surface area contributed by atoms with Gasteiger partial charge in [0.2, 0.25) is 0 Å². The number of halogens is 1. The van der Waals surface area contributed by atoms with E-state index in [1.807, 2.05) is 24.9 Å². The maximum atomic E-state index is 14.0. The van der Waals surface area contributed by atoms with Crippen LogP contribution in [0.4, 0.5) is 10.1 Å². The molecular weight excluding hydrogens is 235 g/mol. The molecule has 1 aromatic carbocycles. The first-order chi connectivity index (χ1) is 8.24. The van der Waals surface area contributed by atoms with E-state index < -0.39 is 0 Å². The Bertz CT molecular complexity index is 378. The minimum atomic E-state index is -0.129. The Balaban J connectivity index is 2.28. The average Bonchev–Trinajstić information content (AvgIpc) is 2.82. The van der Waals surface area contributed by atoms with Gasteiger partial charge in [0.25, 0.3) is 0 Å². The van der Waals surface area contributed by atoms with Gasteiger partial charge in [0.1, 0.15) is 5.82 Å². The third kappa shape index (κ3) is 2.75. The summed E-state index contributed by atoms with van der Waals surface area (Å²) in [6, 6.07) is 5.73. The lowest BCUT2D eigenvalue weighted by molar-refractivity contribution is 0.604. The van der Waals surface area contributed by atoms with Crippen molar-refractivity contribution < 1.29 is 4.39 Å². The second-order valence-corrected chi connectivity index (χ2v) is 5.56. The van der Waals surface area contributed by atoms with Crippen molar-refractivity contribution in [2.75, 3.05) is 30.0 Å². The van der Waals surface area contributed by atoms with Crippen molar-refractivity contribution in [1.29, 1.82) is 0 Å². The second kappa shape index (κ2) is 5.74. The van der Waals surface area contributed by atoms with Crippen LogP contribution >= 0.6 is 11.8 Å². The van der Waals surface area contributed by atoms with E-state index in [4.69, 9.17) is 5.73 Å². The van der Waals surface area contributed by atoms with Gasteiger partial charge in [-0.2, -0.15) is 11.8 Å². The molecule has 17 heavy (non-hydrogen) atoms. The SMILES string of the molecule is CN(c1c(F)cccc1CCN)C1CCSC1. The van der Waals surface area contributed by atoms with Crippen LogP contribution in [0.5, 0.6) is 0 Å². The van der Waals surface area contributed by atoms with Crippen molar-refractivity contribution in [3.05, 3.63) is 29.6 Å². The zero-order chi connectivity index (χ0) is 12.3. The summed E-state index contributed by atoms with van der Waals surface area (Å²) in [5.41, 5.74) is 7.35. The number of rotatable bonds is 4.